The zero-order valence-corrected chi connectivity index (χ0v) is 19.2. The largest absolute Gasteiger partial charge is 0.340 e. The molecule has 1 aromatic heterocycles. The van der Waals surface area contributed by atoms with Gasteiger partial charge in [-0.2, -0.15) is 0 Å². The number of anilines is 2. The molecule has 3 amide bonds. The van der Waals surface area contributed by atoms with E-state index in [1.165, 1.54) is 5.56 Å². The highest BCUT2D eigenvalue weighted by atomic mass is 16.2. The van der Waals surface area contributed by atoms with Crippen molar-refractivity contribution in [3.05, 3.63) is 89.7 Å². The lowest BCUT2D eigenvalue weighted by Gasteiger charge is -2.14. The number of nitrogens with zero attached hydrogens (tertiary/aromatic N) is 2. The number of para-hydroxylation sites is 1. The first-order chi connectivity index (χ1) is 17.0. The van der Waals surface area contributed by atoms with Crippen LogP contribution in [0.15, 0.2) is 72.8 Å². The lowest BCUT2D eigenvalue weighted by atomic mass is 10.1. The molecular formula is C27H25N5O3. The van der Waals surface area contributed by atoms with Crippen molar-refractivity contribution in [3.8, 4) is 0 Å². The van der Waals surface area contributed by atoms with Gasteiger partial charge in [-0.25, -0.2) is 4.98 Å². The van der Waals surface area contributed by atoms with E-state index < -0.39 is 17.9 Å². The lowest BCUT2D eigenvalue weighted by Crippen LogP contribution is -2.43. The van der Waals surface area contributed by atoms with Crippen LogP contribution in [0, 0.1) is 6.92 Å². The molecule has 5 rings (SSSR count). The summed E-state index contributed by atoms with van der Waals surface area (Å²) in [5.41, 5.74) is 4.41. The number of carbonyl (C=O) groups is 3. The molecular weight excluding hydrogens is 442 g/mol. The smallest absolute Gasteiger partial charge is 0.254 e. The standard InChI is InChI=1S/C27H25N5O3/c1-17-28-22-15-19(11-12-24(22)32(17)14-13-18-7-3-2-4-8-18)29-25(33)16-23-27(35)30-21-10-6-5-9-20(21)26(34)31-23/h2-12,15,23H,13-14,16H2,1H3,(H,29,33)(H,30,35)(H,31,34). The molecule has 0 fully saturated rings. The highest BCUT2D eigenvalue weighted by Crippen LogP contribution is 2.22. The number of imidazole rings is 1. The molecule has 8 nitrogen and oxygen atoms in total. The summed E-state index contributed by atoms with van der Waals surface area (Å²) in [4.78, 5) is 42.4. The van der Waals surface area contributed by atoms with Gasteiger partial charge in [0.2, 0.25) is 11.8 Å². The van der Waals surface area contributed by atoms with Crippen LogP contribution < -0.4 is 16.0 Å². The molecule has 1 aliphatic rings. The molecule has 0 saturated heterocycles. The van der Waals surface area contributed by atoms with Crippen LogP contribution in [0.3, 0.4) is 0 Å². The minimum Gasteiger partial charge on any atom is -0.340 e. The van der Waals surface area contributed by atoms with Gasteiger partial charge in [0, 0.05) is 12.2 Å². The fourth-order valence-electron chi connectivity index (χ4n) is 4.35. The summed E-state index contributed by atoms with van der Waals surface area (Å²) >= 11 is 0. The average molecular weight is 468 g/mol. The van der Waals surface area contributed by atoms with Crippen LogP contribution in [0.5, 0.6) is 0 Å². The minimum atomic E-state index is -0.974. The average Bonchev–Trinajstić information content (AvgIpc) is 3.10. The number of benzene rings is 3. The number of aryl methyl sites for hydroxylation is 3. The lowest BCUT2D eigenvalue weighted by molar-refractivity contribution is -0.122. The number of amides is 3. The Kier molecular flexibility index (Phi) is 6.01. The van der Waals surface area contributed by atoms with Gasteiger partial charge < -0.3 is 20.5 Å². The quantitative estimate of drug-likeness (QED) is 0.402. The third-order valence-electron chi connectivity index (χ3n) is 6.13. The fraction of sp³-hybridized carbons (Fsp3) is 0.185. The Morgan fingerprint density at radius 1 is 1.03 bits per heavy atom. The van der Waals surface area contributed by atoms with Crippen molar-refractivity contribution < 1.29 is 14.4 Å². The van der Waals surface area contributed by atoms with E-state index in [4.69, 9.17) is 0 Å². The molecule has 35 heavy (non-hydrogen) atoms. The number of hydrogen-bond donors (Lipinski definition) is 3. The van der Waals surface area contributed by atoms with Crippen LogP contribution in [0.2, 0.25) is 0 Å². The second-order valence-electron chi connectivity index (χ2n) is 8.56. The van der Waals surface area contributed by atoms with E-state index in [9.17, 15) is 14.4 Å². The maximum Gasteiger partial charge on any atom is 0.254 e. The maximum absolute atomic E-state index is 12.7. The van der Waals surface area contributed by atoms with E-state index in [-0.39, 0.29) is 12.3 Å². The predicted octanol–water partition coefficient (Wildman–Crippen LogP) is 3.67. The van der Waals surface area contributed by atoms with Gasteiger partial charge in [0.05, 0.1) is 28.7 Å². The van der Waals surface area contributed by atoms with E-state index in [0.29, 0.717) is 16.9 Å². The Bertz CT molecular complexity index is 1430. The SMILES string of the molecule is Cc1nc2cc(NC(=O)CC3NC(=O)c4ccccc4NC3=O)ccc2n1CCc1ccccc1. The maximum atomic E-state index is 12.7. The second kappa shape index (κ2) is 9.42. The normalized spacial score (nSPS) is 15.2. The van der Waals surface area contributed by atoms with Crippen molar-refractivity contribution in [1.82, 2.24) is 14.9 Å². The van der Waals surface area contributed by atoms with E-state index in [2.05, 4.69) is 37.6 Å². The highest BCUT2D eigenvalue weighted by molar-refractivity contribution is 6.11. The van der Waals surface area contributed by atoms with Gasteiger partial charge in [-0.05, 0) is 49.2 Å². The molecule has 0 saturated carbocycles. The molecule has 1 aliphatic heterocycles. The van der Waals surface area contributed by atoms with Crippen LogP contribution in [-0.2, 0) is 22.6 Å². The van der Waals surface area contributed by atoms with Crippen molar-refractivity contribution in [2.45, 2.75) is 32.4 Å². The van der Waals surface area contributed by atoms with E-state index >= 15 is 0 Å². The second-order valence-corrected chi connectivity index (χ2v) is 8.56. The third-order valence-corrected chi connectivity index (χ3v) is 6.13. The van der Waals surface area contributed by atoms with Crippen LogP contribution in [0.25, 0.3) is 11.0 Å². The first kappa shape index (κ1) is 22.3. The predicted molar refractivity (Wildman–Crippen MR) is 134 cm³/mol. The summed E-state index contributed by atoms with van der Waals surface area (Å²) in [5.74, 6) is -0.302. The Balaban J connectivity index is 1.26. The van der Waals surface area contributed by atoms with E-state index in [0.717, 1.165) is 29.8 Å². The van der Waals surface area contributed by atoms with Gasteiger partial charge in [-0.3, -0.25) is 14.4 Å². The van der Waals surface area contributed by atoms with Crippen LogP contribution in [-0.4, -0.2) is 33.3 Å². The van der Waals surface area contributed by atoms with Crippen LogP contribution in [0.1, 0.15) is 28.2 Å². The fourth-order valence-corrected chi connectivity index (χ4v) is 4.35. The summed E-state index contributed by atoms with van der Waals surface area (Å²) in [6.45, 7) is 2.77. The summed E-state index contributed by atoms with van der Waals surface area (Å²) in [5, 5.41) is 8.18. The molecule has 176 valence electrons. The molecule has 2 heterocycles. The number of hydrogen-bond acceptors (Lipinski definition) is 4. The number of fused-ring (bicyclic) bond motifs is 2. The zero-order chi connectivity index (χ0) is 24.4. The number of aromatic nitrogens is 2. The highest BCUT2D eigenvalue weighted by Gasteiger charge is 2.29. The Morgan fingerprint density at radius 2 is 1.80 bits per heavy atom. The van der Waals surface area contributed by atoms with Crippen molar-refractivity contribution in [1.29, 1.82) is 0 Å². The Morgan fingerprint density at radius 3 is 2.63 bits per heavy atom. The summed E-state index contributed by atoms with van der Waals surface area (Å²) in [7, 11) is 0. The number of nitrogens with one attached hydrogen (secondary N) is 3. The van der Waals surface area contributed by atoms with Gasteiger partial charge in [-0.15, -0.1) is 0 Å². The van der Waals surface area contributed by atoms with Gasteiger partial charge >= 0.3 is 0 Å². The molecule has 0 aliphatic carbocycles. The molecule has 0 radical (unpaired) electrons. The molecule has 3 aromatic carbocycles. The first-order valence-corrected chi connectivity index (χ1v) is 11.5. The topological polar surface area (TPSA) is 105 Å². The third kappa shape index (κ3) is 4.77. The van der Waals surface area contributed by atoms with Crippen LogP contribution >= 0.6 is 0 Å². The van der Waals surface area contributed by atoms with Crippen molar-refractivity contribution >= 4 is 40.1 Å². The monoisotopic (exact) mass is 467 g/mol. The zero-order valence-electron chi connectivity index (χ0n) is 19.2. The molecule has 0 spiro atoms. The minimum absolute atomic E-state index is 0.186. The van der Waals surface area contributed by atoms with Gasteiger partial charge in [0.25, 0.3) is 5.91 Å². The van der Waals surface area contributed by atoms with Gasteiger partial charge in [0.1, 0.15) is 11.9 Å². The first-order valence-electron chi connectivity index (χ1n) is 11.5. The molecule has 3 N–H and O–H groups in total. The van der Waals surface area contributed by atoms with E-state index in [1.54, 1.807) is 24.3 Å². The number of rotatable bonds is 6. The van der Waals surface area contributed by atoms with Crippen molar-refractivity contribution in [2.75, 3.05) is 10.6 Å². The molecule has 1 atom stereocenters. The van der Waals surface area contributed by atoms with Gasteiger partial charge in [0.15, 0.2) is 0 Å². The van der Waals surface area contributed by atoms with Crippen molar-refractivity contribution in [2.24, 2.45) is 0 Å². The molecule has 4 aromatic rings. The molecule has 1 unspecified atom stereocenters. The van der Waals surface area contributed by atoms with E-state index in [1.807, 2.05) is 43.3 Å². The summed E-state index contributed by atoms with van der Waals surface area (Å²) in [6.07, 6.45) is 0.707. The summed E-state index contributed by atoms with van der Waals surface area (Å²) in [6, 6.07) is 21.6. The number of carbonyl (C=O) groups excluding carboxylic acids is 3. The van der Waals surface area contributed by atoms with Crippen molar-refractivity contribution in [3.63, 3.8) is 0 Å². The molecule has 8 heteroatoms. The Labute approximate surface area is 202 Å². The molecule has 0 bridgehead atoms. The summed E-state index contributed by atoms with van der Waals surface area (Å²) < 4.78 is 2.16. The van der Waals surface area contributed by atoms with Crippen LogP contribution in [0.4, 0.5) is 11.4 Å². The van der Waals surface area contributed by atoms with Gasteiger partial charge in [-0.1, -0.05) is 42.5 Å². The Hall–Kier alpha value is -4.46.